The number of amides is 1. The van der Waals surface area contributed by atoms with E-state index in [9.17, 15) is 18.0 Å². The molecule has 0 spiro atoms. The number of nitrogens with zero attached hydrogens (tertiary/aromatic N) is 3. The molecule has 1 fully saturated rings. The molecule has 140 valence electrons. The normalized spacial score (nSPS) is 15.3. The minimum absolute atomic E-state index is 0.144. The van der Waals surface area contributed by atoms with Crippen LogP contribution in [0.5, 0.6) is 0 Å². The third-order valence-corrected chi connectivity index (χ3v) is 4.52. The third kappa shape index (κ3) is 4.56. The van der Waals surface area contributed by atoms with E-state index in [0.29, 0.717) is 31.5 Å². The number of anilines is 2. The summed E-state index contributed by atoms with van der Waals surface area (Å²) in [6.45, 7) is 1.22. The fraction of sp³-hybridized carbons (Fsp3) is 0.316. The van der Waals surface area contributed by atoms with Crippen LogP contribution in [0.3, 0.4) is 0 Å². The predicted octanol–water partition coefficient (Wildman–Crippen LogP) is 3.83. The molecule has 0 atom stereocenters. The van der Waals surface area contributed by atoms with Crippen molar-refractivity contribution in [3.05, 3.63) is 53.7 Å². The number of piperidine rings is 1. The van der Waals surface area contributed by atoms with E-state index in [0.717, 1.165) is 18.0 Å². The van der Waals surface area contributed by atoms with Gasteiger partial charge in [-0.2, -0.15) is 18.4 Å². The highest BCUT2D eigenvalue weighted by Gasteiger charge is 2.31. The lowest BCUT2D eigenvalue weighted by Crippen LogP contribution is -2.38. The molecule has 1 saturated heterocycles. The van der Waals surface area contributed by atoms with Crippen molar-refractivity contribution in [2.75, 3.05) is 23.3 Å². The first kappa shape index (κ1) is 18.7. The summed E-state index contributed by atoms with van der Waals surface area (Å²) in [7, 11) is 0. The minimum atomic E-state index is -4.44. The molecule has 1 aliphatic rings. The van der Waals surface area contributed by atoms with Gasteiger partial charge in [-0.15, -0.1) is 0 Å². The lowest BCUT2D eigenvalue weighted by atomic mass is 9.95. The molecule has 0 bridgehead atoms. The molecular formula is C19H17F3N4O. The first-order valence-corrected chi connectivity index (χ1v) is 8.46. The maximum absolute atomic E-state index is 12.8. The van der Waals surface area contributed by atoms with Crippen LogP contribution in [-0.2, 0) is 11.0 Å². The van der Waals surface area contributed by atoms with E-state index < -0.39 is 11.7 Å². The highest BCUT2D eigenvalue weighted by Crippen LogP contribution is 2.31. The number of nitrogens with one attached hydrogen (secondary N) is 1. The van der Waals surface area contributed by atoms with E-state index in [1.54, 1.807) is 12.1 Å². The van der Waals surface area contributed by atoms with Gasteiger partial charge in [-0.25, -0.2) is 4.98 Å². The van der Waals surface area contributed by atoms with Crippen LogP contribution < -0.4 is 10.2 Å². The number of carbonyl (C=O) groups is 1. The van der Waals surface area contributed by atoms with Gasteiger partial charge in [0.25, 0.3) is 0 Å². The standard InChI is InChI=1S/C19H17F3N4O/c20-19(21,22)15-2-1-3-16(10-15)25-18(27)14-6-8-26(9-7-14)17-5-4-13(11-23)12-24-17/h1-5,10,12,14H,6-9H2,(H,25,27). The van der Waals surface area contributed by atoms with E-state index >= 15 is 0 Å². The Morgan fingerprint density at radius 3 is 2.56 bits per heavy atom. The van der Waals surface area contributed by atoms with Crippen molar-refractivity contribution in [3.8, 4) is 6.07 Å². The number of aromatic nitrogens is 1. The Morgan fingerprint density at radius 1 is 1.22 bits per heavy atom. The second-order valence-corrected chi connectivity index (χ2v) is 6.35. The monoisotopic (exact) mass is 374 g/mol. The molecule has 1 amide bonds. The Balaban J connectivity index is 1.58. The molecule has 5 nitrogen and oxygen atoms in total. The molecule has 0 radical (unpaired) electrons. The van der Waals surface area contributed by atoms with Crippen molar-refractivity contribution in [1.29, 1.82) is 5.26 Å². The number of nitriles is 1. The number of carbonyl (C=O) groups excluding carboxylic acids is 1. The predicted molar refractivity (Wildman–Crippen MR) is 94.0 cm³/mol. The molecule has 8 heteroatoms. The molecular weight excluding hydrogens is 357 g/mol. The Hall–Kier alpha value is -3.08. The summed E-state index contributed by atoms with van der Waals surface area (Å²) in [5.74, 6) is 0.196. The van der Waals surface area contributed by atoms with Crippen LogP contribution in [0.4, 0.5) is 24.7 Å². The Morgan fingerprint density at radius 2 is 1.96 bits per heavy atom. The smallest absolute Gasteiger partial charge is 0.357 e. The van der Waals surface area contributed by atoms with Gasteiger partial charge in [0.15, 0.2) is 0 Å². The van der Waals surface area contributed by atoms with Crippen LogP contribution in [0.15, 0.2) is 42.6 Å². The molecule has 1 N–H and O–H groups in total. The van der Waals surface area contributed by atoms with Crippen LogP contribution in [-0.4, -0.2) is 24.0 Å². The average Bonchev–Trinajstić information content (AvgIpc) is 2.68. The molecule has 1 aromatic heterocycles. The molecule has 0 unspecified atom stereocenters. The molecule has 3 rings (SSSR count). The molecule has 1 aliphatic heterocycles. The third-order valence-electron chi connectivity index (χ3n) is 4.52. The maximum Gasteiger partial charge on any atom is 0.416 e. The van der Waals surface area contributed by atoms with E-state index in [2.05, 4.69) is 10.3 Å². The van der Waals surface area contributed by atoms with Gasteiger partial charge in [-0.3, -0.25) is 4.79 Å². The number of pyridine rings is 1. The van der Waals surface area contributed by atoms with Gasteiger partial charge in [0, 0.05) is 30.9 Å². The fourth-order valence-corrected chi connectivity index (χ4v) is 3.03. The summed E-state index contributed by atoms with van der Waals surface area (Å²) in [5, 5.41) is 11.4. The lowest BCUT2D eigenvalue weighted by molar-refractivity contribution is -0.137. The van der Waals surface area contributed by atoms with Gasteiger partial charge >= 0.3 is 6.18 Å². The molecule has 0 aliphatic carbocycles. The number of rotatable bonds is 3. The number of benzene rings is 1. The van der Waals surface area contributed by atoms with E-state index in [1.165, 1.54) is 18.3 Å². The van der Waals surface area contributed by atoms with Crippen molar-refractivity contribution < 1.29 is 18.0 Å². The number of hydrogen-bond donors (Lipinski definition) is 1. The average molecular weight is 374 g/mol. The Kier molecular flexibility index (Phi) is 5.31. The van der Waals surface area contributed by atoms with Crippen LogP contribution >= 0.6 is 0 Å². The molecule has 2 aromatic rings. The van der Waals surface area contributed by atoms with Crippen molar-refractivity contribution in [1.82, 2.24) is 4.98 Å². The zero-order valence-electron chi connectivity index (χ0n) is 14.3. The Bertz CT molecular complexity index is 850. The fourth-order valence-electron chi connectivity index (χ4n) is 3.03. The van der Waals surface area contributed by atoms with Gasteiger partial charge in [0.05, 0.1) is 11.1 Å². The summed E-state index contributed by atoms with van der Waals surface area (Å²) in [6.07, 6.45) is -1.79. The van der Waals surface area contributed by atoms with Crippen molar-refractivity contribution in [2.45, 2.75) is 19.0 Å². The summed E-state index contributed by atoms with van der Waals surface area (Å²) in [6, 6.07) is 10.1. The number of alkyl halides is 3. The summed E-state index contributed by atoms with van der Waals surface area (Å²) in [4.78, 5) is 18.7. The molecule has 27 heavy (non-hydrogen) atoms. The van der Waals surface area contributed by atoms with Gasteiger partial charge in [-0.05, 0) is 43.2 Å². The van der Waals surface area contributed by atoms with Gasteiger partial charge < -0.3 is 10.2 Å². The second-order valence-electron chi connectivity index (χ2n) is 6.35. The largest absolute Gasteiger partial charge is 0.416 e. The van der Waals surface area contributed by atoms with Crippen LogP contribution in [0.2, 0.25) is 0 Å². The van der Waals surface area contributed by atoms with E-state index in [1.807, 2.05) is 11.0 Å². The number of halogens is 3. The van der Waals surface area contributed by atoms with E-state index in [4.69, 9.17) is 5.26 Å². The molecule has 2 heterocycles. The highest BCUT2D eigenvalue weighted by atomic mass is 19.4. The van der Waals surface area contributed by atoms with Crippen molar-refractivity contribution in [2.24, 2.45) is 5.92 Å². The van der Waals surface area contributed by atoms with Crippen LogP contribution in [0, 0.1) is 17.2 Å². The summed E-state index contributed by atoms with van der Waals surface area (Å²) < 4.78 is 38.3. The highest BCUT2D eigenvalue weighted by molar-refractivity contribution is 5.92. The minimum Gasteiger partial charge on any atom is -0.357 e. The van der Waals surface area contributed by atoms with Gasteiger partial charge in [0.2, 0.25) is 5.91 Å². The van der Waals surface area contributed by atoms with Crippen LogP contribution in [0.1, 0.15) is 24.0 Å². The Labute approximate surface area is 154 Å². The first-order chi connectivity index (χ1) is 12.9. The second kappa shape index (κ2) is 7.66. The topological polar surface area (TPSA) is 69.0 Å². The van der Waals surface area contributed by atoms with Gasteiger partial charge in [0.1, 0.15) is 11.9 Å². The molecule has 0 saturated carbocycles. The quantitative estimate of drug-likeness (QED) is 0.887. The summed E-state index contributed by atoms with van der Waals surface area (Å²) in [5.41, 5.74) is -0.165. The summed E-state index contributed by atoms with van der Waals surface area (Å²) >= 11 is 0. The van der Waals surface area contributed by atoms with E-state index in [-0.39, 0.29) is 17.5 Å². The first-order valence-electron chi connectivity index (χ1n) is 8.46. The van der Waals surface area contributed by atoms with Crippen molar-refractivity contribution >= 4 is 17.4 Å². The van der Waals surface area contributed by atoms with Gasteiger partial charge in [-0.1, -0.05) is 6.07 Å². The van der Waals surface area contributed by atoms with Crippen molar-refractivity contribution in [3.63, 3.8) is 0 Å². The molecule has 1 aromatic carbocycles. The van der Waals surface area contributed by atoms with Crippen LogP contribution in [0.25, 0.3) is 0 Å². The zero-order chi connectivity index (χ0) is 19.4. The number of hydrogen-bond acceptors (Lipinski definition) is 4. The SMILES string of the molecule is N#Cc1ccc(N2CCC(C(=O)Nc3cccc(C(F)(F)F)c3)CC2)nc1. The lowest BCUT2D eigenvalue weighted by Gasteiger charge is -2.32. The zero-order valence-corrected chi connectivity index (χ0v) is 14.3. The maximum atomic E-state index is 12.8.